The third-order valence-corrected chi connectivity index (χ3v) is 3.56. The van der Waals surface area contributed by atoms with Crippen LogP contribution in [0.5, 0.6) is 0 Å². The second-order valence-electron chi connectivity index (χ2n) is 4.85. The fraction of sp³-hybridized carbons (Fsp3) is 0.467. The molecule has 0 atom stereocenters. The van der Waals surface area contributed by atoms with Gasteiger partial charge in [0.25, 0.3) is 0 Å². The van der Waals surface area contributed by atoms with E-state index in [-0.39, 0.29) is 5.92 Å². The van der Waals surface area contributed by atoms with Crippen LogP contribution in [0.3, 0.4) is 0 Å². The first-order chi connectivity index (χ1) is 8.74. The summed E-state index contributed by atoms with van der Waals surface area (Å²) < 4.78 is 0. The van der Waals surface area contributed by atoms with Gasteiger partial charge >= 0.3 is 0 Å². The first-order valence-electron chi connectivity index (χ1n) is 6.35. The standard InChI is InChI=1S/C15H17N3/c1-12-10-13(4-7-16)2-3-15(12)18-8-5-14(11-17)6-9-18/h2-3,10,14H,4-6,8-9H2,1H3. The molecule has 3 heteroatoms. The molecular formula is C15H17N3. The van der Waals surface area contributed by atoms with Crippen molar-refractivity contribution < 1.29 is 0 Å². The molecule has 0 N–H and O–H groups in total. The average molecular weight is 239 g/mol. The summed E-state index contributed by atoms with van der Waals surface area (Å²) in [6.45, 7) is 4.00. The minimum absolute atomic E-state index is 0.222. The molecule has 1 aliphatic heterocycles. The Labute approximate surface area is 108 Å². The summed E-state index contributed by atoms with van der Waals surface area (Å²) in [7, 11) is 0. The highest BCUT2D eigenvalue weighted by Gasteiger charge is 2.19. The lowest BCUT2D eigenvalue weighted by atomic mass is 9.97. The van der Waals surface area contributed by atoms with E-state index in [0.717, 1.165) is 31.5 Å². The van der Waals surface area contributed by atoms with E-state index in [2.05, 4.69) is 36.1 Å². The first kappa shape index (κ1) is 12.5. The summed E-state index contributed by atoms with van der Waals surface area (Å²) in [6.07, 6.45) is 2.38. The number of nitrogens with zero attached hydrogens (tertiary/aromatic N) is 3. The van der Waals surface area contributed by atoms with Crippen LogP contribution in [0.2, 0.25) is 0 Å². The number of rotatable bonds is 2. The summed E-state index contributed by atoms with van der Waals surface area (Å²) in [5.41, 5.74) is 3.54. The SMILES string of the molecule is Cc1cc(CC#N)ccc1N1CCC(C#N)CC1. The molecule has 1 heterocycles. The Kier molecular flexibility index (Phi) is 3.85. The summed E-state index contributed by atoms with van der Waals surface area (Å²) in [5.74, 6) is 0.222. The monoisotopic (exact) mass is 239 g/mol. The molecule has 0 aliphatic carbocycles. The zero-order valence-corrected chi connectivity index (χ0v) is 10.7. The molecule has 92 valence electrons. The lowest BCUT2D eigenvalue weighted by Gasteiger charge is -2.32. The maximum Gasteiger partial charge on any atom is 0.0669 e. The fourth-order valence-corrected chi connectivity index (χ4v) is 2.52. The highest BCUT2D eigenvalue weighted by molar-refractivity contribution is 5.55. The minimum atomic E-state index is 0.222. The van der Waals surface area contributed by atoms with E-state index >= 15 is 0 Å². The normalized spacial score (nSPS) is 16.1. The molecule has 0 aromatic heterocycles. The molecule has 0 spiro atoms. The highest BCUT2D eigenvalue weighted by atomic mass is 15.1. The summed E-state index contributed by atoms with van der Waals surface area (Å²) in [5, 5.41) is 17.6. The van der Waals surface area contributed by atoms with E-state index in [1.807, 2.05) is 6.07 Å². The molecule has 0 radical (unpaired) electrons. The topological polar surface area (TPSA) is 50.8 Å². The molecule has 1 aliphatic rings. The Bertz CT molecular complexity index is 499. The van der Waals surface area contributed by atoms with Crippen molar-refractivity contribution in [2.24, 2.45) is 5.92 Å². The van der Waals surface area contributed by atoms with Crippen molar-refractivity contribution in [2.75, 3.05) is 18.0 Å². The molecule has 0 amide bonds. The second-order valence-corrected chi connectivity index (χ2v) is 4.85. The van der Waals surface area contributed by atoms with Crippen LogP contribution in [0.25, 0.3) is 0 Å². The maximum atomic E-state index is 8.90. The molecule has 1 aromatic carbocycles. The number of benzene rings is 1. The van der Waals surface area contributed by atoms with Crippen molar-refractivity contribution in [2.45, 2.75) is 26.2 Å². The van der Waals surface area contributed by atoms with Gasteiger partial charge in [0.2, 0.25) is 0 Å². The predicted molar refractivity (Wildman–Crippen MR) is 71.0 cm³/mol. The third kappa shape index (κ3) is 2.63. The largest absolute Gasteiger partial charge is 0.371 e. The van der Waals surface area contributed by atoms with Crippen molar-refractivity contribution >= 4 is 5.69 Å². The van der Waals surface area contributed by atoms with Crippen molar-refractivity contribution in [3.8, 4) is 12.1 Å². The number of hydrogen-bond donors (Lipinski definition) is 0. The van der Waals surface area contributed by atoms with Crippen molar-refractivity contribution in [1.29, 1.82) is 10.5 Å². The third-order valence-electron chi connectivity index (χ3n) is 3.56. The van der Waals surface area contributed by atoms with Gasteiger partial charge in [0, 0.05) is 24.7 Å². The van der Waals surface area contributed by atoms with Gasteiger partial charge in [-0.25, -0.2) is 0 Å². The Balaban J connectivity index is 2.11. The minimum Gasteiger partial charge on any atom is -0.371 e. The smallest absolute Gasteiger partial charge is 0.0669 e. The Morgan fingerprint density at radius 3 is 2.56 bits per heavy atom. The van der Waals surface area contributed by atoms with Gasteiger partial charge in [-0.05, 0) is 37.0 Å². The van der Waals surface area contributed by atoms with Gasteiger partial charge in [0.15, 0.2) is 0 Å². The van der Waals surface area contributed by atoms with Gasteiger partial charge in [0.05, 0.1) is 18.6 Å². The quantitative estimate of drug-likeness (QED) is 0.797. The van der Waals surface area contributed by atoms with E-state index in [1.54, 1.807) is 0 Å². The molecule has 1 fully saturated rings. The van der Waals surface area contributed by atoms with Gasteiger partial charge in [-0.2, -0.15) is 10.5 Å². The van der Waals surface area contributed by atoms with Crippen LogP contribution in [0, 0.1) is 35.5 Å². The zero-order valence-electron chi connectivity index (χ0n) is 10.7. The van der Waals surface area contributed by atoms with Crippen LogP contribution < -0.4 is 4.90 Å². The molecule has 1 aromatic rings. The van der Waals surface area contributed by atoms with Gasteiger partial charge in [-0.3, -0.25) is 0 Å². The summed E-state index contributed by atoms with van der Waals surface area (Å²) in [4.78, 5) is 2.35. The molecule has 18 heavy (non-hydrogen) atoms. The van der Waals surface area contributed by atoms with Crippen LogP contribution in [0.4, 0.5) is 5.69 Å². The number of nitriles is 2. The maximum absolute atomic E-state index is 8.90. The van der Waals surface area contributed by atoms with Crippen LogP contribution in [-0.4, -0.2) is 13.1 Å². The lowest BCUT2D eigenvalue weighted by molar-refractivity contribution is 0.487. The molecule has 0 unspecified atom stereocenters. The second kappa shape index (κ2) is 5.56. The molecule has 2 rings (SSSR count). The molecule has 0 bridgehead atoms. The van der Waals surface area contributed by atoms with Crippen LogP contribution in [0.1, 0.15) is 24.0 Å². The van der Waals surface area contributed by atoms with E-state index in [9.17, 15) is 0 Å². The zero-order chi connectivity index (χ0) is 13.0. The Morgan fingerprint density at radius 1 is 1.28 bits per heavy atom. The van der Waals surface area contributed by atoms with E-state index in [4.69, 9.17) is 10.5 Å². The van der Waals surface area contributed by atoms with Crippen molar-refractivity contribution in [3.05, 3.63) is 29.3 Å². The Hall–Kier alpha value is -2.00. The molecule has 1 saturated heterocycles. The summed E-state index contributed by atoms with van der Waals surface area (Å²) >= 11 is 0. The van der Waals surface area contributed by atoms with Crippen molar-refractivity contribution in [3.63, 3.8) is 0 Å². The average Bonchev–Trinajstić information content (AvgIpc) is 2.40. The van der Waals surface area contributed by atoms with Crippen molar-refractivity contribution in [1.82, 2.24) is 0 Å². The fourth-order valence-electron chi connectivity index (χ4n) is 2.52. The lowest BCUT2D eigenvalue weighted by Crippen LogP contribution is -2.33. The van der Waals surface area contributed by atoms with Crippen LogP contribution in [-0.2, 0) is 6.42 Å². The van der Waals surface area contributed by atoms with Crippen LogP contribution in [0.15, 0.2) is 18.2 Å². The molecular weight excluding hydrogens is 222 g/mol. The summed E-state index contributed by atoms with van der Waals surface area (Å²) in [6, 6.07) is 10.8. The molecule has 3 nitrogen and oxygen atoms in total. The van der Waals surface area contributed by atoms with E-state index < -0.39 is 0 Å². The highest BCUT2D eigenvalue weighted by Crippen LogP contribution is 2.26. The predicted octanol–water partition coefficient (Wildman–Crippen LogP) is 2.80. The van der Waals surface area contributed by atoms with Gasteiger partial charge in [-0.1, -0.05) is 12.1 Å². The number of piperidine rings is 1. The molecule has 0 saturated carbocycles. The van der Waals surface area contributed by atoms with Crippen LogP contribution >= 0.6 is 0 Å². The van der Waals surface area contributed by atoms with E-state index in [0.29, 0.717) is 6.42 Å². The van der Waals surface area contributed by atoms with Gasteiger partial charge in [-0.15, -0.1) is 0 Å². The number of aryl methyl sites for hydroxylation is 1. The van der Waals surface area contributed by atoms with Gasteiger partial charge < -0.3 is 4.90 Å². The van der Waals surface area contributed by atoms with Gasteiger partial charge in [0.1, 0.15) is 0 Å². The number of anilines is 1. The first-order valence-corrected chi connectivity index (χ1v) is 6.35. The van der Waals surface area contributed by atoms with E-state index in [1.165, 1.54) is 11.3 Å². The Morgan fingerprint density at radius 2 is 2.00 bits per heavy atom. The number of hydrogen-bond acceptors (Lipinski definition) is 3.